The van der Waals surface area contributed by atoms with Crippen molar-refractivity contribution in [1.29, 1.82) is 0 Å². The highest BCUT2D eigenvalue weighted by molar-refractivity contribution is 7.99. The molecule has 2 aromatic rings. The van der Waals surface area contributed by atoms with Crippen LogP contribution in [0.5, 0.6) is 0 Å². The van der Waals surface area contributed by atoms with Crippen LogP contribution in [-0.4, -0.2) is 48.2 Å². The average Bonchev–Trinajstić information content (AvgIpc) is 3.39. The third kappa shape index (κ3) is 3.84. The molecule has 0 aromatic carbocycles. The molecule has 0 atom stereocenters. The smallest absolute Gasteiger partial charge is 0.253 e. The molecule has 4 rings (SSSR count). The van der Waals surface area contributed by atoms with Gasteiger partial charge >= 0.3 is 0 Å². The van der Waals surface area contributed by atoms with Crippen LogP contribution >= 0.6 is 11.8 Å². The normalized spacial score (nSPS) is 23.0. The Labute approximate surface area is 165 Å². The van der Waals surface area contributed by atoms with Gasteiger partial charge in [0.2, 0.25) is 11.1 Å². The monoisotopic (exact) mass is 387 g/mol. The summed E-state index contributed by atoms with van der Waals surface area (Å²) in [5.41, 5.74) is 3.16. The first-order valence-electron chi connectivity index (χ1n) is 10.1. The highest BCUT2D eigenvalue weighted by Gasteiger charge is 2.38. The summed E-state index contributed by atoms with van der Waals surface area (Å²) in [6, 6.07) is 0.907. The number of aromatic nitrogens is 4. The topological polar surface area (TPSA) is 63.4 Å². The molecular formula is C20H29N5OS. The van der Waals surface area contributed by atoms with Gasteiger partial charge in [0.1, 0.15) is 0 Å². The van der Waals surface area contributed by atoms with Gasteiger partial charge in [-0.2, -0.15) is 4.98 Å². The van der Waals surface area contributed by atoms with E-state index in [0.29, 0.717) is 28.8 Å². The van der Waals surface area contributed by atoms with Crippen molar-refractivity contribution in [3.05, 3.63) is 17.0 Å². The molecule has 7 heteroatoms. The van der Waals surface area contributed by atoms with E-state index in [1.54, 1.807) is 4.52 Å². The van der Waals surface area contributed by atoms with Gasteiger partial charge in [-0.15, -0.1) is 5.10 Å². The van der Waals surface area contributed by atoms with Crippen LogP contribution in [-0.2, 0) is 4.79 Å². The summed E-state index contributed by atoms with van der Waals surface area (Å²) < 4.78 is 1.79. The molecule has 6 nitrogen and oxygen atoms in total. The van der Waals surface area contributed by atoms with Crippen molar-refractivity contribution in [2.45, 2.75) is 83.5 Å². The van der Waals surface area contributed by atoms with E-state index < -0.39 is 0 Å². The number of carbonyl (C=O) groups excluding carboxylic acids is 1. The molecule has 27 heavy (non-hydrogen) atoms. The number of amides is 1. The zero-order valence-electron chi connectivity index (χ0n) is 16.7. The Hall–Kier alpha value is -1.63. The van der Waals surface area contributed by atoms with Crippen LogP contribution in [0.1, 0.15) is 62.4 Å². The van der Waals surface area contributed by atoms with Gasteiger partial charge in [-0.3, -0.25) is 4.79 Å². The minimum atomic E-state index is 0.248. The number of aryl methyl sites for hydroxylation is 2. The zero-order chi connectivity index (χ0) is 19.1. The Morgan fingerprint density at radius 1 is 1.07 bits per heavy atom. The summed E-state index contributed by atoms with van der Waals surface area (Å²) in [5.74, 6) is 2.08. The molecule has 0 saturated heterocycles. The van der Waals surface area contributed by atoms with E-state index in [0.717, 1.165) is 48.6 Å². The summed E-state index contributed by atoms with van der Waals surface area (Å²) >= 11 is 1.44. The third-order valence-electron chi connectivity index (χ3n) is 6.17. The fraction of sp³-hybridized carbons (Fsp3) is 0.700. The van der Waals surface area contributed by atoms with Crippen molar-refractivity contribution in [2.75, 3.05) is 5.75 Å². The first-order valence-corrected chi connectivity index (χ1v) is 11.1. The maximum atomic E-state index is 13.0. The van der Waals surface area contributed by atoms with Crippen molar-refractivity contribution >= 4 is 23.4 Å². The molecule has 2 aliphatic carbocycles. The molecule has 0 aliphatic heterocycles. The van der Waals surface area contributed by atoms with E-state index in [1.165, 1.54) is 24.6 Å². The fourth-order valence-electron chi connectivity index (χ4n) is 4.08. The average molecular weight is 388 g/mol. The summed E-state index contributed by atoms with van der Waals surface area (Å²) in [5, 5.41) is 5.20. The van der Waals surface area contributed by atoms with Gasteiger partial charge < -0.3 is 4.90 Å². The number of thioether (sulfide) groups is 1. The summed E-state index contributed by atoms with van der Waals surface area (Å²) in [6.45, 7) is 8.40. The Bertz CT molecular complexity index is 852. The molecular weight excluding hydrogens is 358 g/mol. The lowest BCUT2D eigenvalue weighted by molar-refractivity contribution is -0.132. The lowest BCUT2D eigenvalue weighted by atomic mass is 9.86. The van der Waals surface area contributed by atoms with Crippen molar-refractivity contribution in [3.63, 3.8) is 0 Å². The van der Waals surface area contributed by atoms with Crippen LogP contribution < -0.4 is 0 Å². The molecule has 2 heterocycles. The molecule has 0 spiro atoms. The predicted molar refractivity (Wildman–Crippen MR) is 107 cm³/mol. The summed E-state index contributed by atoms with van der Waals surface area (Å²) in [7, 11) is 0. The number of carbonyl (C=O) groups is 1. The number of nitrogens with zero attached hydrogens (tertiary/aromatic N) is 5. The Kier molecular flexibility index (Phi) is 5.14. The van der Waals surface area contributed by atoms with E-state index in [9.17, 15) is 4.79 Å². The molecule has 2 aliphatic rings. The van der Waals surface area contributed by atoms with Gasteiger partial charge in [-0.25, -0.2) is 9.50 Å². The first kappa shape index (κ1) is 18.7. The zero-order valence-corrected chi connectivity index (χ0v) is 17.6. The van der Waals surface area contributed by atoms with Crippen molar-refractivity contribution in [1.82, 2.24) is 24.5 Å². The van der Waals surface area contributed by atoms with Crippen LogP contribution in [0.3, 0.4) is 0 Å². The maximum Gasteiger partial charge on any atom is 0.253 e. The van der Waals surface area contributed by atoms with Crippen LogP contribution in [0.25, 0.3) is 5.78 Å². The highest BCUT2D eigenvalue weighted by atomic mass is 32.2. The molecule has 2 aromatic heterocycles. The first-order chi connectivity index (χ1) is 12.9. The predicted octanol–water partition coefficient (Wildman–Crippen LogP) is 3.71. The Morgan fingerprint density at radius 2 is 1.70 bits per heavy atom. The number of hydrogen-bond acceptors (Lipinski definition) is 5. The van der Waals surface area contributed by atoms with E-state index >= 15 is 0 Å². The number of fused-ring (bicyclic) bond motifs is 1. The van der Waals surface area contributed by atoms with Gasteiger partial charge in [-0.05, 0) is 70.8 Å². The third-order valence-corrected chi connectivity index (χ3v) is 7.00. The van der Waals surface area contributed by atoms with Crippen LogP contribution in [0.15, 0.2) is 5.16 Å². The van der Waals surface area contributed by atoms with Gasteiger partial charge in [-0.1, -0.05) is 18.7 Å². The van der Waals surface area contributed by atoms with Gasteiger partial charge in [0.25, 0.3) is 5.78 Å². The van der Waals surface area contributed by atoms with E-state index in [-0.39, 0.29) is 5.91 Å². The lowest BCUT2D eigenvalue weighted by Gasteiger charge is -2.36. The Morgan fingerprint density at radius 3 is 2.33 bits per heavy atom. The molecule has 0 unspecified atom stereocenters. The molecule has 0 radical (unpaired) electrons. The lowest BCUT2D eigenvalue weighted by Crippen LogP contribution is -2.44. The van der Waals surface area contributed by atoms with E-state index in [4.69, 9.17) is 0 Å². The molecule has 1 amide bonds. The van der Waals surface area contributed by atoms with Crippen molar-refractivity contribution < 1.29 is 4.79 Å². The summed E-state index contributed by atoms with van der Waals surface area (Å²) in [6.07, 6.45) is 7.12. The molecule has 0 N–H and O–H groups in total. The van der Waals surface area contributed by atoms with E-state index in [2.05, 4.69) is 26.9 Å². The Balaban J connectivity index is 1.45. The minimum Gasteiger partial charge on any atom is -0.336 e. The van der Waals surface area contributed by atoms with Gasteiger partial charge in [0.05, 0.1) is 5.75 Å². The molecule has 2 fully saturated rings. The second-order valence-electron chi connectivity index (χ2n) is 8.25. The second kappa shape index (κ2) is 7.41. The maximum absolute atomic E-state index is 13.0. The fourth-order valence-corrected chi connectivity index (χ4v) is 4.77. The van der Waals surface area contributed by atoms with Crippen LogP contribution in [0.4, 0.5) is 0 Å². The summed E-state index contributed by atoms with van der Waals surface area (Å²) in [4.78, 5) is 24.2. The molecule has 0 bridgehead atoms. The largest absolute Gasteiger partial charge is 0.336 e. The SMILES string of the molecule is Cc1nc2nc(SCC(=O)N(C3CCC(C)CC3)C3CC3)nn2c(C)c1C. The van der Waals surface area contributed by atoms with Crippen LogP contribution in [0, 0.1) is 26.7 Å². The number of rotatable bonds is 5. The second-order valence-corrected chi connectivity index (χ2v) is 9.19. The number of hydrogen-bond donors (Lipinski definition) is 0. The molecule has 146 valence electrons. The van der Waals surface area contributed by atoms with Crippen molar-refractivity contribution in [3.8, 4) is 0 Å². The molecule has 2 saturated carbocycles. The van der Waals surface area contributed by atoms with Crippen LogP contribution in [0.2, 0.25) is 0 Å². The highest BCUT2D eigenvalue weighted by Crippen LogP contribution is 2.36. The van der Waals surface area contributed by atoms with E-state index in [1.807, 2.05) is 20.8 Å². The van der Waals surface area contributed by atoms with Crippen molar-refractivity contribution in [2.24, 2.45) is 5.92 Å². The minimum absolute atomic E-state index is 0.248. The van der Waals surface area contributed by atoms with Gasteiger partial charge in [0, 0.05) is 23.5 Å². The van der Waals surface area contributed by atoms with Gasteiger partial charge in [0.15, 0.2) is 0 Å². The standard InChI is InChI=1S/C20H29N5OS/c1-12-5-7-16(8-6-12)24(17-9-10-17)18(26)11-27-20-22-19-21-14(3)13(2)15(4)25(19)23-20/h12,16-17H,5-11H2,1-4H3. The quantitative estimate of drug-likeness (QED) is 0.732.